The zero-order valence-corrected chi connectivity index (χ0v) is 18.7. The Kier molecular flexibility index (Phi) is 4.63. The summed E-state index contributed by atoms with van der Waals surface area (Å²) in [5.74, 6) is -1.24. The zero-order valence-electron chi connectivity index (χ0n) is 18.7. The summed E-state index contributed by atoms with van der Waals surface area (Å²) >= 11 is 0. The van der Waals surface area contributed by atoms with E-state index in [2.05, 4.69) is 4.98 Å². The van der Waals surface area contributed by atoms with Crippen LogP contribution in [0.5, 0.6) is 5.75 Å². The van der Waals surface area contributed by atoms with Crippen molar-refractivity contribution in [1.29, 1.82) is 0 Å². The normalized spacial score (nSPS) is 19.1. The molecule has 0 aliphatic carbocycles. The number of imide groups is 1. The number of aromatic nitrogens is 1. The molecule has 1 saturated heterocycles. The van der Waals surface area contributed by atoms with E-state index >= 15 is 0 Å². The maximum Gasteiger partial charge on any atom is 0.332 e. The van der Waals surface area contributed by atoms with Gasteiger partial charge in [0, 0.05) is 28.6 Å². The van der Waals surface area contributed by atoms with Crippen molar-refractivity contribution in [2.75, 3.05) is 12.0 Å². The maximum absolute atomic E-state index is 13.8. The molecule has 0 radical (unpaired) electrons. The first kappa shape index (κ1) is 21.0. The van der Waals surface area contributed by atoms with E-state index in [-0.39, 0.29) is 11.3 Å². The number of para-hydroxylation sites is 2. The molecule has 35 heavy (non-hydrogen) atoms. The third-order valence-corrected chi connectivity index (χ3v) is 6.85. The van der Waals surface area contributed by atoms with Gasteiger partial charge in [-0.3, -0.25) is 9.69 Å². The van der Waals surface area contributed by atoms with Crippen LogP contribution in [-0.4, -0.2) is 40.9 Å². The monoisotopic (exact) mass is 466 g/mol. The molecule has 0 unspecified atom stereocenters. The number of carbonyl (C=O) groups excluding carboxylic acids is 3. The number of carboxylic acids is 1. The highest BCUT2D eigenvalue weighted by molar-refractivity contribution is 6.23. The quantitative estimate of drug-likeness (QED) is 0.466. The van der Waals surface area contributed by atoms with Gasteiger partial charge in [0.1, 0.15) is 17.8 Å². The van der Waals surface area contributed by atoms with Crippen molar-refractivity contribution in [3.63, 3.8) is 0 Å². The average Bonchev–Trinajstić information content (AvgIpc) is 3.37. The van der Waals surface area contributed by atoms with Crippen molar-refractivity contribution in [2.45, 2.75) is 18.5 Å². The fraction of sp³-hybridized carbons (Fsp3) is 0.148. The first-order valence-corrected chi connectivity index (χ1v) is 11.2. The third-order valence-electron chi connectivity index (χ3n) is 6.85. The van der Waals surface area contributed by atoms with Gasteiger partial charge in [-0.15, -0.1) is 0 Å². The Balaban J connectivity index is 1.54. The van der Waals surface area contributed by atoms with Gasteiger partial charge < -0.3 is 19.6 Å². The van der Waals surface area contributed by atoms with E-state index < -0.39 is 30.0 Å². The number of benzene rings is 3. The highest BCUT2D eigenvalue weighted by atomic mass is 16.5. The first-order valence-electron chi connectivity index (χ1n) is 11.2. The van der Waals surface area contributed by atoms with Crippen molar-refractivity contribution < 1.29 is 24.2 Å². The molecule has 2 aliphatic heterocycles. The number of nitrogens with zero attached hydrogens (tertiary/aromatic N) is 2. The molecule has 0 bridgehead atoms. The summed E-state index contributed by atoms with van der Waals surface area (Å²) in [6, 6.07) is 19.2. The van der Waals surface area contributed by atoms with Crippen LogP contribution in [0.2, 0.25) is 0 Å². The molecule has 6 rings (SSSR count). The predicted octanol–water partition coefficient (Wildman–Crippen LogP) is 3.02. The molecule has 3 heterocycles. The summed E-state index contributed by atoms with van der Waals surface area (Å²) in [5, 5.41) is 12.7. The number of hydrogen-bond donors (Lipinski definition) is 1. The molecular formula is C27H20N3O5-. The molecule has 2 atom stereocenters. The Bertz CT molecular complexity index is 1510. The summed E-state index contributed by atoms with van der Waals surface area (Å²) in [5.41, 5.74) is 3.34. The number of aromatic carboxylic acids is 1. The minimum Gasteiger partial charge on any atom is -0.545 e. The van der Waals surface area contributed by atoms with Gasteiger partial charge in [0.05, 0.1) is 18.8 Å². The van der Waals surface area contributed by atoms with E-state index in [1.807, 2.05) is 48.5 Å². The second kappa shape index (κ2) is 7.73. The van der Waals surface area contributed by atoms with Crippen molar-refractivity contribution in [2.24, 2.45) is 0 Å². The molecule has 8 heteroatoms. The number of nitrogens with one attached hydrogen (secondary N) is 1. The average molecular weight is 466 g/mol. The summed E-state index contributed by atoms with van der Waals surface area (Å²) in [6.07, 6.45) is 0.320. The molecule has 1 aromatic heterocycles. The van der Waals surface area contributed by atoms with Crippen molar-refractivity contribution in [3.05, 3.63) is 95.2 Å². The van der Waals surface area contributed by atoms with Gasteiger partial charge in [-0.2, -0.15) is 0 Å². The molecule has 1 fully saturated rings. The lowest BCUT2D eigenvalue weighted by Crippen LogP contribution is -2.44. The van der Waals surface area contributed by atoms with Gasteiger partial charge in [0.2, 0.25) is 0 Å². The van der Waals surface area contributed by atoms with E-state index in [9.17, 15) is 19.5 Å². The number of rotatable bonds is 4. The number of methoxy groups -OCH3 is 1. The molecule has 3 aromatic carbocycles. The van der Waals surface area contributed by atoms with E-state index in [1.54, 1.807) is 18.1 Å². The number of H-pyrrole nitrogens is 1. The Hall–Kier alpha value is -4.59. The molecule has 3 amide bonds. The van der Waals surface area contributed by atoms with Crippen molar-refractivity contribution in [3.8, 4) is 5.75 Å². The number of amides is 3. The Labute approximate surface area is 200 Å². The number of aromatic amines is 1. The van der Waals surface area contributed by atoms with Crippen LogP contribution in [0.1, 0.15) is 33.2 Å². The van der Waals surface area contributed by atoms with Gasteiger partial charge in [-0.25, -0.2) is 9.69 Å². The summed E-state index contributed by atoms with van der Waals surface area (Å²) in [4.78, 5) is 45.3. The lowest BCUT2D eigenvalue weighted by molar-refractivity contribution is -0.254. The second-order valence-electron chi connectivity index (χ2n) is 8.63. The molecule has 0 saturated carbocycles. The number of fused-ring (bicyclic) bond motifs is 4. The minimum absolute atomic E-state index is 0.0129. The highest BCUT2D eigenvalue weighted by Crippen LogP contribution is 2.45. The second-order valence-corrected chi connectivity index (χ2v) is 8.63. The maximum atomic E-state index is 13.8. The molecule has 2 aliphatic rings. The predicted molar refractivity (Wildman–Crippen MR) is 126 cm³/mol. The molecule has 174 valence electrons. The van der Waals surface area contributed by atoms with Crippen LogP contribution in [0.15, 0.2) is 72.8 Å². The first-order chi connectivity index (χ1) is 17.0. The van der Waals surface area contributed by atoms with Crippen molar-refractivity contribution >= 4 is 34.5 Å². The van der Waals surface area contributed by atoms with E-state index in [4.69, 9.17) is 4.74 Å². The van der Waals surface area contributed by atoms with Crippen LogP contribution >= 0.6 is 0 Å². The highest BCUT2D eigenvalue weighted by Gasteiger charge is 2.53. The minimum atomic E-state index is -1.45. The number of ether oxygens (including phenoxy) is 1. The van der Waals surface area contributed by atoms with Gasteiger partial charge >= 0.3 is 6.03 Å². The van der Waals surface area contributed by atoms with Crippen LogP contribution in [0.4, 0.5) is 10.5 Å². The summed E-state index contributed by atoms with van der Waals surface area (Å²) in [7, 11) is 1.58. The van der Waals surface area contributed by atoms with Crippen LogP contribution < -0.4 is 14.7 Å². The van der Waals surface area contributed by atoms with E-state index in [0.717, 1.165) is 32.6 Å². The number of carbonyl (C=O) groups is 3. The molecule has 0 spiro atoms. The van der Waals surface area contributed by atoms with Crippen LogP contribution in [0.25, 0.3) is 10.9 Å². The Morgan fingerprint density at radius 1 is 1.00 bits per heavy atom. The topological polar surface area (TPSA) is 106 Å². The molecule has 1 N–H and O–H groups in total. The fourth-order valence-electron chi connectivity index (χ4n) is 5.27. The zero-order chi connectivity index (χ0) is 24.3. The smallest absolute Gasteiger partial charge is 0.332 e. The lowest BCUT2D eigenvalue weighted by atomic mass is 9.89. The summed E-state index contributed by atoms with van der Waals surface area (Å²) < 4.78 is 5.30. The van der Waals surface area contributed by atoms with Crippen LogP contribution in [-0.2, 0) is 11.2 Å². The fourth-order valence-corrected chi connectivity index (χ4v) is 5.27. The van der Waals surface area contributed by atoms with Gasteiger partial charge in [0.15, 0.2) is 0 Å². The lowest BCUT2D eigenvalue weighted by Gasteiger charge is -2.36. The molecular weight excluding hydrogens is 446 g/mol. The Morgan fingerprint density at radius 2 is 1.71 bits per heavy atom. The van der Waals surface area contributed by atoms with E-state index in [0.29, 0.717) is 12.2 Å². The van der Waals surface area contributed by atoms with Crippen LogP contribution in [0.3, 0.4) is 0 Å². The standard InChI is InChI=1S/C27H21N3O5/c1-35-16-12-10-15(11-13-16)24-23-19(17-6-2-4-8-20(17)28-23)14-22-25(31)30(27(34)29(22)24)21-9-5-3-7-18(21)26(32)33/h2-13,22,24,28H,14H2,1H3,(H,32,33)/p-1/t22-,24+/m0/s1. The third kappa shape index (κ3) is 3.03. The number of urea groups is 1. The summed E-state index contributed by atoms with van der Waals surface area (Å²) in [6.45, 7) is 0. The largest absolute Gasteiger partial charge is 0.545 e. The Morgan fingerprint density at radius 3 is 2.46 bits per heavy atom. The van der Waals surface area contributed by atoms with Crippen molar-refractivity contribution in [1.82, 2.24) is 9.88 Å². The van der Waals surface area contributed by atoms with Gasteiger partial charge in [-0.1, -0.05) is 48.5 Å². The van der Waals surface area contributed by atoms with E-state index in [1.165, 1.54) is 18.2 Å². The number of carboxylic acid groups (broad SMARTS) is 1. The number of anilines is 1. The number of hydrogen-bond acceptors (Lipinski definition) is 5. The molecule has 8 nitrogen and oxygen atoms in total. The SMILES string of the molecule is COc1ccc([C@@H]2c3[nH]c4ccccc4c3C[C@H]3C(=O)N(c4ccccc4C(=O)[O-])C(=O)N23)cc1. The van der Waals surface area contributed by atoms with Crippen LogP contribution in [0, 0.1) is 0 Å². The van der Waals surface area contributed by atoms with Gasteiger partial charge in [-0.05, 0) is 35.4 Å². The molecule has 4 aromatic rings. The van der Waals surface area contributed by atoms with Gasteiger partial charge in [0.25, 0.3) is 5.91 Å².